The number of carbonyl (C=O) groups excluding carboxylic acids is 2. The summed E-state index contributed by atoms with van der Waals surface area (Å²) in [5.74, 6) is -0.260. The molecule has 1 saturated heterocycles. The summed E-state index contributed by atoms with van der Waals surface area (Å²) in [6.45, 7) is 0. The fraction of sp³-hybridized carbons (Fsp3) is 0.0588. The highest BCUT2D eigenvalue weighted by atomic mass is 32.2. The number of thioether (sulfide) groups is 1. The number of alkyl halides is 3. The molecule has 6 nitrogen and oxygen atoms in total. The van der Waals surface area contributed by atoms with Gasteiger partial charge in [0.15, 0.2) is 0 Å². The Morgan fingerprint density at radius 1 is 1.19 bits per heavy atom. The second kappa shape index (κ2) is 6.23. The smallest absolute Gasteiger partial charge is 0.433 e. The molecule has 0 unspecified atom stereocenters. The van der Waals surface area contributed by atoms with E-state index in [1.54, 1.807) is 6.07 Å². The van der Waals surface area contributed by atoms with Crippen molar-refractivity contribution >= 4 is 40.0 Å². The minimum absolute atomic E-state index is 0.164. The van der Waals surface area contributed by atoms with Crippen molar-refractivity contribution in [3.8, 4) is 11.1 Å². The highest BCUT2D eigenvalue weighted by Crippen LogP contribution is 2.35. The van der Waals surface area contributed by atoms with Crippen LogP contribution in [-0.4, -0.2) is 21.1 Å². The summed E-state index contributed by atoms with van der Waals surface area (Å²) in [6, 6.07) is 3.92. The summed E-state index contributed by atoms with van der Waals surface area (Å²) in [5.41, 5.74) is -0.119. The minimum atomic E-state index is -4.57. The number of aromatic nitrogens is 2. The molecule has 0 bridgehead atoms. The molecule has 4 rings (SSSR count). The summed E-state index contributed by atoms with van der Waals surface area (Å²) in [4.78, 5) is 30.4. The summed E-state index contributed by atoms with van der Waals surface area (Å²) >= 11 is 0.736. The quantitative estimate of drug-likeness (QED) is 0.658. The van der Waals surface area contributed by atoms with Gasteiger partial charge in [0.1, 0.15) is 17.0 Å². The number of hydrogen-bond donors (Lipinski definition) is 1. The number of imide groups is 1. The Balaban J connectivity index is 1.80. The van der Waals surface area contributed by atoms with Gasteiger partial charge >= 0.3 is 6.18 Å². The Morgan fingerprint density at radius 3 is 2.70 bits per heavy atom. The van der Waals surface area contributed by atoms with Crippen molar-refractivity contribution in [1.82, 2.24) is 15.3 Å². The number of carbonyl (C=O) groups is 2. The molecule has 1 aliphatic rings. The van der Waals surface area contributed by atoms with Crippen LogP contribution < -0.4 is 5.32 Å². The molecule has 0 radical (unpaired) electrons. The standard InChI is InChI=1S/C17H8F3N3O3S/c18-17(19,20)13-4-8(1-2-22-13)11-7-21-6-9-3-10(26-14(9)11)5-12-15(24)23-16(25)27-12/h1-7H,(H,23,24,25)/b12-5+. The molecule has 3 aromatic heterocycles. The summed E-state index contributed by atoms with van der Waals surface area (Å²) in [5, 5.41) is 2.18. The number of rotatable bonds is 2. The lowest BCUT2D eigenvalue weighted by Gasteiger charge is -2.07. The molecule has 0 atom stereocenters. The lowest BCUT2D eigenvalue weighted by molar-refractivity contribution is -0.141. The first-order chi connectivity index (χ1) is 12.8. The van der Waals surface area contributed by atoms with Crippen LogP contribution in [0.2, 0.25) is 0 Å². The van der Waals surface area contributed by atoms with Gasteiger partial charge in [0.2, 0.25) is 0 Å². The van der Waals surface area contributed by atoms with Gasteiger partial charge in [0.05, 0.1) is 4.91 Å². The first-order valence-corrected chi connectivity index (χ1v) is 8.29. The maximum Gasteiger partial charge on any atom is 0.433 e. The maximum absolute atomic E-state index is 12.9. The minimum Gasteiger partial charge on any atom is -0.456 e. The lowest BCUT2D eigenvalue weighted by atomic mass is 10.1. The Kier molecular flexibility index (Phi) is 3.99. The van der Waals surface area contributed by atoms with Crippen molar-refractivity contribution in [2.24, 2.45) is 0 Å². The van der Waals surface area contributed by atoms with Gasteiger partial charge in [0, 0.05) is 35.6 Å². The van der Waals surface area contributed by atoms with Crippen LogP contribution in [0.15, 0.2) is 46.1 Å². The van der Waals surface area contributed by atoms with E-state index >= 15 is 0 Å². The number of furan rings is 1. The fourth-order valence-electron chi connectivity index (χ4n) is 2.56. The number of hydrogen-bond acceptors (Lipinski definition) is 6. The number of nitrogens with zero attached hydrogens (tertiary/aromatic N) is 2. The van der Waals surface area contributed by atoms with Crippen LogP contribution in [-0.2, 0) is 11.0 Å². The van der Waals surface area contributed by atoms with E-state index in [0.29, 0.717) is 16.5 Å². The SMILES string of the molecule is O=C1NC(=O)/C(=C\c2cc3cncc(-c4ccnc(C(F)(F)F)c4)c3o2)S1. The number of pyridine rings is 2. The normalized spacial score (nSPS) is 16.3. The van der Waals surface area contributed by atoms with E-state index < -0.39 is 23.0 Å². The van der Waals surface area contributed by atoms with Gasteiger partial charge < -0.3 is 4.42 Å². The van der Waals surface area contributed by atoms with Crippen LogP contribution in [0.1, 0.15) is 11.5 Å². The maximum atomic E-state index is 12.9. The monoisotopic (exact) mass is 391 g/mol. The molecule has 136 valence electrons. The van der Waals surface area contributed by atoms with E-state index in [2.05, 4.69) is 15.3 Å². The molecule has 0 spiro atoms. The molecule has 0 aromatic carbocycles. The van der Waals surface area contributed by atoms with E-state index in [-0.39, 0.29) is 16.2 Å². The summed E-state index contributed by atoms with van der Waals surface area (Å²) in [6.07, 6.45) is 0.758. The number of halogens is 3. The van der Waals surface area contributed by atoms with Crippen molar-refractivity contribution in [1.29, 1.82) is 0 Å². The van der Waals surface area contributed by atoms with Gasteiger partial charge in [0.25, 0.3) is 11.1 Å². The van der Waals surface area contributed by atoms with Crippen LogP contribution in [0.3, 0.4) is 0 Å². The molecule has 1 fully saturated rings. The molecule has 2 amide bonds. The molecular formula is C17H8F3N3O3S. The third kappa shape index (κ3) is 3.31. The van der Waals surface area contributed by atoms with Gasteiger partial charge in [-0.3, -0.25) is 24.9 Å². The van der Waals surface area contributed by atoms with Gasteiger partial charge in [-0.2, -0.15) is 13.2 Å². The van der Waals surface area contributed by atoms with E-state index in [1.165, 1.54) is 24.5 Å². The van der Waals surface area contributed by atoms with Gasteiger partial charge in [-0.25, -0.2) is 0 Å². The predicted molar refractivity (Wildman–Crippen MR) is 91.3 cm³/mol. The third-order valence-corrected chi connectivity index (χ3v) is 4.53. The molecule has 1 N–H and O–H groups in total. The molecular weight excluding hydrogens is 383 g/mol. The summed E-state index contributed by atoms with van der Waals surface area (Å²) < 4.78 is 44.5. The molecule has 10 heteroatoms. The Morgan fingerprint density at radius 2 is 2.00 bits per heavy atom. The Bertz CT molecular complexity index is 1120. The highest BCUT2D eigenvalue weighted by Gasteiger charge is 2.32. The van der Waals surface area contributed by atoms with Crippen LogP contribution >= 0.6 is 11.8 Å². The first-order valence-electron chi connectivity index (χ1n) is 7.47. The first kappa shape index (κ1) is 17.3. The largest absolute Gasteiger partial charge is 0.456 e. The Hall–Kier alpha value is -3.14. The zero-order valence-corrected chi connectivity index (χ0v) is 14.0. The van der Waals surface area contributed by atoms with Crippen LogP contribution in [0, 0.1) is 0 Å². The van der Waals surface area contributed by atoms with E-state index in [9.17, 15) is 22.8 Å². The fourth-order valence-corrected chi connectivity index (χ4v) is 3.22. The van der Waals surface area contributed by atoms with Crippen molar-refractivity contribution in [3.05, 3.63) is 53.1 Å². The second-order valence-corrected chi connectivity index (χ2v) is 6.55. The average molecular weight is 391 g/mol. The number of amides is 2. The zero-order valence-electron chi connectivity index (χ0n) is 13.2. The third-order valence-electron chi connectivity index (χ3n) is 3.72. The van der Waals surface area contributed by atoms with Crippen molar-refractivity contribution < 1.29 is 27.2 Å². The average Bonchev–Trinajstić information content (AvgIpc) is 3.16. The molecule has 27 heavy (non-hydrogen) atoms. The van der Waals surface area contributed by atoms with E-state index in [0.717, 1.165) is 24.0 Å². The molecule has 0 saturated carbocycles. The van der Waals surface area contributed by atoms with Crippen LogP contribution in [0.4, 0.5) is 18.0 Å². The van der Waals surface area contributed by atoms with Crippen molar-refractivity contribution in [2.45, 2.75) is 6.18 Å². The molecule has 3 aromatic rings. The van der Waals surface area contributed by atoms with Crippen molar-refractivity contribution in [2.75, 3.05) is 0 Å². The lowest BCUT2D eigenvalue weighted by Crippen LogP contribution is -2.17. The van der Waals surface area contributed by atoms with Crippen molar-refractivity contribution in [3.63, 3.8) is 0 Å². The van der Waals surface area contributed by atoms with E-state index in [1.807, 2.05) is 0 Å². The van der Waals surface area contributed by atoms with Gasteiger partial charge in [-0.05, 0) is 35.5 Å². The van der Waals surface area contributed by atoms with Crippen LogP contribution in [0.5, 0.6) is 0 Å². The topological polar surface area (TPSA) is 85.1 Å². The van der Waals surface area contributed by atoms with Gasteiger partial charge in [-0.1, -0.05) is 0 Å². The number of nitrogens with one attached hydrogen (secondary N) is 1. The molecule has 1 aliphatic heterocycles. The van der Waals surface area contributed by atoms with E-state index in [4.69, 9.17) is 4.42 Å². The Labute approximate surface area is 153 Å². The molecule has 4 heterocycles. The second-order valence-electron chi connectivity index (χ2n) is 5.53. The van der Waals surface area contributed by atoms with Crippen LogP contribution in [0.25, 0.3) is 28.2 Å². The highest BCUT2D eigenvalue weighted by molar-refractivity contribution is 8.18. The predicted octanol–water partition coefficient (Wildman–Crippen LogP) is 4.23. The zero-order chi connectivity index (χ0) is 19.2. The van der Waals surface area contributed by atoms with Gasteiger partial charge in [-0.15, -0.1) is 0 Å². The summed E-state index contributed by atoms with van der Waals surface area (Å²) in [7, 11) is 0. The number of fused-ring (bicyclic) bond motifs is 1. The molecule has 0 aliphatic carbocycles.